The molecule has 1 aliphatic rings. The van der Waals surface area contributed by atoms with E-state index in [1.165, 1.54) is 27.8 Å². The molecule has 0 bridgehead atoms. The summed E-state index contributed by atoms with van der Waals surface area (Å²) < 4.78 is 0. The van der Waals surface area contributed by atoms with Gasteiger partial charge >= 0.3 is 0 Å². The topological polar surface area (TPSA) is 12.9 Å². The van der Waals surface area contributed by atoms with Crippen molar-refractivity contribution in [3.63, 3.8) is 0 Å². The lowest BCUT2D eigenvalue weighted by molar-refractivity contribution is 0.765. The molecular formula is C28H18ClN. The number of hydrogen-bond donors (Lipinski definition) is 0. The third kappa shape index (κ3) is 2.33. The molecule has 0 saturated heterocycles. The van der Waals surface area contributed by atoms with Crippen molar-refractivity contribution >= 4 is 22.5 Å². The SMILES string of the molecule is Clc1ccc2c(c1)C(c1ccccc1)(c1cnc3ccccc3c1)c1ccccc1-2. The van der Waals surface area contributed by atoms with Gasteiger partial charge in [0, 0.05) is 16.6 Å². The van der Waals surface area contributed by atoms with Gasteiger partial charge in [-0.25, -0.2) is 0 Å². The van der Waals surface area contributed by atoms with Crippen molar-refractivity contribution in [1.82, 2.24) is 4.98 Å². The Labute approximate surface area is 180 Å². The van der Waals surface area contributed by atoms with Crippen LogP contribution in [0, 0.1) is 0 Å². The van der Waals surface area contributed by atoms with Gasteiger partial charge in [0.25, 0.3) is 0 Å². The van der Waals surface area contributed by atoms with Gasteiger partial charge in [-0.05, 0) is 57.6 Å². The van der Waals surface area contributed by atoms with E-state index >= 15 is 0 Å². The van der Waals surface area contributed by atoms with Gasteiger partial charge in [0.05, 0.1) is 10.9 Å². The molecule has 0 saturated carbocycles. The van der Waals surface area contributed by atoms with E-state index < -0.39 is 5.41 Å². The standard InChI is InChI=1S/C28H18ClN/c29-22-14-15-24-23-11-5-6-12-25(23)28(26(24)17-22,20-9-2-1-3-10-20)21-16-19-8-4-7-13-27(19)30-18-21/h1-18H. The van der Waals surface area contributed by atoms with Crippen molar-refractivity contribution in [1.29, 1.82) is 0 Å². The first-order valence-electron chi connectivity index (χ1n) is 10.1. The fourth-order valence-electron chi connectivity index (χ4n) is 5.00. The molecule has 2 heteroatoms. The highest BCUT2D eigenvalue weighted by Crippen LogP contribution is 2.56. The van der Waals surface area contributed by atoms with Crippen LogP contribution in [0.4, 0.5) is 0 Å². The van der Waals surface area contributed by atoms with E-state index in [-0.39, 0.29) is 0 Å². The Morgan fingerprint density at radius 1 is 0.600 bits per heavy atom. The number of hydrogen-bond acceptors (Lipinski definition) is 1. The maximum atomic E-state index is 6.55. The van der Waals surface area contributed by atoms with Crippen LogP contribution in [0.5, 0.6) is 0 Å². The summed E-state index contributed by atoms with van der Waals surface area (Å²) in [6, 6.07) is 36.2. The van der Waals surface area contributed by atoms with Crippen LogP contribution >= 0.6 is 11.6 Å². The van der Waals surface area contributed by atoms with Gasteiger partial charge in [-0.1, -0.05) is 90.5 Å². The zero-order valence-electron chi connectivity index (χ0n) is 16.2. The molecule has 0 fully saturated rings. The Bertz CT molecular complexity index is 1410. The summed E-state index contributed by atoms with van der Waals surface area (Å²) in [5.41, 5.74) is 7.87. The minimum atomic E-state index is -0.463. The Morgan fingerprint density at radius 3 is 2.23 bits per heavy atom. The van der Waals surface area contributed by atoms with Crippen molar-refractivity contribution in [2.24, 2.45) is 0 Å². The van der Waals surface area contributed by atoms with Crippen LogP contribution < -0.4 is 0 Å². The van der Waals surface area contributed by atoms with Crippen molar-refractivity contribution < 1.29 is 0 Å². The molecule has 1 aliphatic carbocycles. The lowest BCUT2D eigenvalue weighted by Crippen LogP contribution is -2.28. The fraction of sp³-hybridized carbons (Fsp3) is 0.0357. The van der Waals surface area contributed by atoms with Crippen molar-refractivity contribution in [3.05, 3.63) is 137 Å². The maximum Gasteiger partial charge on any atom is 0.0729 e. The summed E-state index contributed by atoms with van der Waals surface area (Å²) in [5.74, 6) is 0. The van der Waals surface area contributed by atoms with Crippen LogP contribution in [0.2, 0.25) is 5.02 Å². The fourth-order valence-corrected chi connectivity index (χ4v) is 5.18. The third-order valence-corrected chi connectivity index (χ3v) is 6.47. The first kappa shape index (κ1) is 17.4. The second-order valence-corrected chi connectivity index (χ2v) is 8.20. The lowest BCUT2D eigenvalue weighted by Gasteiger charge is -2.33. The van der Waals surface area contributed by atoms with E-state index in [1.54, 1.807) is 0 Å². The molecule has 0 spiro atoms. The van der Waals surface area contributed by atoms with Crippen molar-refractivity contribution in [2.75, 3.05) is 0 Å². The molecule has 0 radical (unpaired) electrons. The Morgan fingerprint density at radius 2 is 1.33 bits per heavy atom. The number of para-hydroxylation sites is 1. The van der Waals surface area contributed by atoms with E-state index in [1.807, 2.05) is 18.3 Å². The molecule has 1 aromatic heterocycles. The summed E-state index contributed by atoms with van der Waals surface area (Å²) in [4.78, 5) is 4.83. The maximum absolute atomic E-state index is 6.55. The second kappa shape index (κ2) is 6.55. The molecule has 30 heavy (non-hydrogen) atoms. The molecule has 1 atom stereocenters. The monoisotopic (exact) mass is 403 g/mol. The predicted octanol–water partition coefficient (Wildman–Crippen LogP) is 7.25. The Hall–Kier alpha value is -3.42. The third-order valence-electron chi connectivity index (χ3n) is 6.24. The normalized spacial score (nSPS) is 17.0. The van der Waals surface area contributed by atoms with Gasteiger partial charge in [-0.3, -0.25) is 4.98 Å². The molecule has 4 aromatic carbocycles. The quantitative estimate of drug-likeness (QED) is 0.296. The van der Waals surface area contributed by atoms with Gasteiger partial charge in [0.2, 0.25) is 0 Å². The predicted molar refractivity (Wildman–Crippen MR) is 124 cm³/mol. The van der Waals surface area contributed by atoms with Crippen molar-refractivity contribution in [3.8, 4) is 11.1 Å². The molecule has 1 heterocycles. The van der Waals surface area contributed by atoms with Crippen molar-refractivity contribution in [2.45, 2.75) is 5.41 Å². The number of fused-ring (bicyclic) bond motifs is 4. The molecule has 0 aliphatic heterocycles. The van der Waals surface area contributed by atoms with Crippen LogP contribution in [-0.2, 0) is 5.41 Å². The summed E-state index contributed by atoms with van der Waals surface area (Å²) in [6.45, 7) is 0. The van der Waals surface area contributed by atoms with E-state index in [0.29, 0.717) is 0 Å². The minimum Gasteiger partial charge on any atom is -0.256 e. The van der Waals surface area contributed by atoms with Crippen LogP contribution in [0.25, 0.3) is 22.0 Å². The molecule has 0 amide bonds. The van der Waals surface area contributed by atoms with Gasteiger partial charge in [0.1, 0.15) is 0 Å². The van der Waals surface area contributed by atoms with E-state index in [4.69, 9.17) is 16.6 Å². The molecule has 142 valence electrons. The zero-order chi connectivity index (χ0) is 20.1. The van der Waals surface area contributed by atoms with E-state index in [9.17, 15) is 0 Å². The van der Waals surface area contributed by atoms with Gasteiger partial charge in [0.15, 0.2) is 0 Å². The summed E-state index contributed by atoms with van der Waals surface area (Å²) in [5, 5.41) is 1.88. The number of nitrogens with zero attached hydrogens (tertiary/aromatic N) is 1. The Balaban J connectivity index is 1.80. The number of pyridine rings is 1. The molecule has 0 N–H and O–H groups in total. The average Bonchev–Trinajstić information content (AvgIpc) is 3.09. The molecule has 6 rings (SSSR count). The van der Waals surface area contributed by atoms with Crippen LogP contribution in [0.1, 0.15) is 22.3 Å². The first-order valence-corrected chi connectivity index (χ1v) is 10.5. The van der Waals surface area contributed by atoms with Gasteiger partial charge < -0.3 is 0 Å². The van der Waals surface area contributed by atoms with Gasteiger partial charge in [-0.15, -0.1) is 0 Å². The smallest absolute Gasteiger partial charge is 0.0729 e. The zero-order valence-corrected chi connectivity index (χ0v) is 17.0. The van der Waals surface area contributed by atoms with E-state index in [2.05, 4.69) is 91.0 Å². The van der Waals surface area contributed by atoms with E-state index in [0.717, 1.165) is 21.5 Å². The number of benzene rings is 4. The summed E-state index contributed by atoms with van der Waals surface area (Å²) in [7, 11) is 0. The molecule has 1 nitrogen and oxygen atoms in total. The molecule has 1 unspecified atom stereocenters. The average molecular weight is 404 g/mol. The molecule has 5 aromatic rings. The minimum absolute atomic E-state index is 0.463. The van der Waals surface area contributed by atoms with Gasteiger partial charge in [-0.2, -0.15) is 0 Å². The summed E-state index contributed by atoms with van der Waals surface area (Å²) >= 11 is 6.55. The largest absolute Gasteiger partial charge is 0.256 e. The first-order chi connectivity index (χ1) is 14.8. The van der Waals surface area contributed by atoms with Crippen LogP contribution in [0.15, 0.2) is 109 Å². The second-order valence-electron chi connectivity index (χ2n) is 7.77. The number of rotatable bonds is 2. The summed E-state index contributed by atoms with van der Waals surface area (Å²) in [6.07, 6.45) is 2.03. The highest BCUT2D eigenvalue weighted by molar-refractivity contribution is 6.30. The molecular weight excluding hydrogens is 386 g/mol. The number of aromatic nitrogens is 1. The highest BCUT2D eigenvalue weighted by atomic mass is 35.5. The highest BCUT2D eigenvalue weighted by Gasteiger charge is 2.46. The number of halogens is 1. The van der Waals surface area contributed by atoms with Crippen LogP contribution in [-0.4, -0.2) is 4.98 Å². The lowest BCUT2D eigenvalue weighted by atomic mass is 9.68. The Kier molecular flexibility index (Phi) is 3.81. The van der Waals surface area contributed by atoms with Crippen LogP contribution in [0.3, 0.4) is 0 Å².